The number of carbonyl (C=O) groups excluding carboxylic acids is 4. The summed E-state index contributed by atoms with van der Waals surface area (Å²) >= 11 is 0. The van der Waals surface area contributed by atoms with E-state index in [4.69, 9.17) is 9.47 Å². The molecule has 12 heteroatoms. The van der Waals surface area contributed by atoms with Gasteiger partial charge in [0.1, 0.15) is 23.0 Å². The minimum atomic E-state index is -0.814. The molecule has 2 N–H and O–H groups in total. The maximum absolute atomic E-state index is 13.7. The summed E-state index contributed by atoms with van der Waals surface area (Å²) in [6.45, 7) is 4.96. The van der Waals surface area contributed by atoms with Crippen molar-refractivity contribution in [1.29, 1.82) is 0 Å². The van der Waals surface area contributed by atoms with E-state index in [1.807, 2.05) is 0 Å². The summed E-state index contributed by atoms with van der Waals surface area (Å²) in [6.07, 6.45) is 5.23. The molecule has 0 radical (unpaired) electrons. The summed E-state index contributed by atoms with van der Waals surface area (Å²) in [6, 6.07) is 15.8. The van der Waals surface area contributed by atoms with E-state index in [1.165, 1.54) is 7.05 Å². The summed E-state index contributed by atoms with van der Waals surface area (Å²) < 4.78 is 38.7. The number of urea groups is 1. The smallest absolute Gasteiger partial charge is 0.319 e. The Morgan fingerprint density at radius 2 is 1.59 bits per heavy atom. The number of rotatable bonds is 13. The second-order valence-corrected chi connectivity index (χ2v) is 13.1. The van der Waals surface area contributed by atoms with Gasteiger partial charge in [-0.1, -0.05) is 49.9 Å². The van der Waals surface area contributed by atoms with Gasteiger partial charge in [0.25, 0.3) is 5.91 Å². The molecule has 0 aromatic heterocycles. The molecule has 1 fully saturated rings. The minimum Gasteiger partial charge on any atom is -0.482 e. The number of halogens is 2. The number of carbonyl (C=O) groups is 4. The molecular weight excluding hydrogens is 634 g/mol. The van der Waals surface area contributed by atoms with Crippen LogP contribution in [0.25, 0.3) is 0 Å². The molecule has 1 aliphatic carbocycles. The van der Waals surface area contributed by atoms with Crippen LogP contribution in [0, 0.1) is 17.6 Å². The number of esters is 1. The number of benzene rings is 3. The summed E-state index contributed by atoms with van der Waals surface area (Å²) in [7, 11) is 1.39. The van der Waals surface area contributed by atoms with E-state index in [0.717, 1.165) is 55.2 Å². The van der Waals surface area contributed by atoms with Crippen LogP contribution >= 0.6 is 0 Å². The third kappa shape index (κ3) is 11.6. The monoisotopic (exact) mass is 678 g/mol. The van der Waals surface area contributed by atoms with Gasteiger partial charge >= 0.3 is 12.0 Å². The van der Waals surface area contributed by atoms with Crippen LogP contribution < -0.4 is 25.2 Å². The number of hydrogen-bond donors (Lipinski definition) is 2. The highest BCUT2D eigenvalue weighted by molar-refractivity contribution is 5.99. The molecule has 3 aromatic carbocycles. The van der Waals surface area contributed by atoms with Crippen molar-refractivity contribution in [2.75, 3.05) is 41.9 Å². The van der Waals surface area contributed by atoms with Gasteiger partial charge in [0.15, 0.2) is 6.61 Å². The number of amides is 4. The Bertz CT molecular complexity index is 1620. The molecule has 0 aliphatic heterocycles. The fourth-order valence-electron chi connectivity index (χ4n) is 5.64. The molecule has 3 aromatic rings. The molecule has 0 heterocycles. The fraction of sp³-hybridized carbons (Fsp3) is 0.405. The van der Waals surface area contributed by atoms with E-state index in [0.29, 0.717) is 29.4 Å². The van der Waals surface area contributed by atoms with Crippen LogP contribution in [0.2, 0.25) is 0 Å². The average molecular weight is 679 g/mol. The number of ether oxygens (including phenoxy) is 2. The van der Waals surface area contributed by atoms with Gasteiger partial charge in [0, 0.05) is 31.0 Å². The van der Waals surface area contributed by atoms with Gasteiger partial charge in [-0.2, -0.15) is 0 Å². The molecule has 49 heavy (non-hydrogen) atoms. The Balaban J connectivity index is 1.41. The Morgan fingerprint density at radius 1 is 0.898 bits per heavy atom. The SMILES string of the molecule is CN(C(=O)COc1ccccc1N(CCC1CCCC1)C(=O)CNC(=O)Nc1cccc(CC(=O)OC(C)(C)C)c1)c1cc(F)cc(F)c1. The van der Waals surface area contributed by atoms with Crippen LogP contribution in [0.1, 0.15) is 58.4 Å². The average Bonchev–Trinajstić information content (AvgIpc) is 3.55. The van der Waals surface area contributed by atoms with Crippen molar-refractivity contribution in [2.24, 2.45) is 5.92 Å². The number of para-hydroxylation sites is 2. The van der Waals surface area contributed by atoms with Gasteiger partial charge < -0.3 is 29.9 Å². The number of nitrogens with one attached hydrogen (secondary N) is 2. The van der Waals surface area contributed by atoms with Crippen molar-refractivity contribution < 1.29 is 37.4 Å². The lowest BCUT2D eigenvalue weighted by Crippen LogP contribution is -2.42. The van der Waals surface area contributed by atoms with Crippen molar-refractivity contribution in [3.63, 3.8) is 0 Å². The first-order chi connectivity index (χ1) is 23.3. The molecule has 4 rings (SSSR count). The minimum absolute atomic E-state index is 0.0341. The van der Waals surface area contributed by atoms with Crippen molar-refractivity contribution in [3.8, 4) is 5.75 Å². The van der Waals surface area contributed by atoms with E-state index in [9.17, 15) is 28.0 Å². The Labute approximate surface area is 285 Å². The number of anilines is 3. The van der Waals surface area contributed by atoms with Gasteiger partial charge in [-0.15, -0.1) is 0 Å². The van der Waals surface area contributed by atoms with Crippen LogP contribution in [0.4, 0.5) is 30.6 Å². The standard InChI is InChI=1S/C37H44F2N4O6/c1-37(2,3)49-35(46)19-26-12-9-13-29(18-26)41-36(47)40-23-33(44)43(17-16-25-10-5-6-11-25)31-14-7-8-15-32(31)48-24-34(45)42(4)30-21-27(38)20-28(39)22-30/h7-9,12-15,18,20-22,25H,5-6,10-11,16-17,19,23-24H2,1-4H3,(H2,40,41,47). The van der Waals surface area contributed by atoms with E-state index < -0.39 is 35.8 Å². The zero-order valence-electron chi connectivity index (χ0n) is 28.4. The summed E-state index contributed by atoms with van der Waals surface area (Å²) in [5, 5.41) is 5.32. The fourth-order valence-corrected chi connectivity index (χ4v) is 5.64. The van der Waals surface area contributed by atoms with Gasteiger partial charge in [0.05, 0.1) is 18.7 Å². The van der Waals surface area contributed by atoms with Crippen LogP contribution in [0.3, 0.4) is 0 Å². The Kier molecular flexibility index (Phi) is 12.7. The third-order valence-corrected chi connectivity index (χ3v) is 8.01. The van der Waals surface area contributed by atoms with Crippen molar-refractivity contribution in [2.45, 2.75) is 64.9 Å². The first kappa shape index (κ1) is 36.8. The molecule has 0 unspecified atom stereocenters. The molecule has 1 saturated carbocycles. The highest BCUT2D eigenvalue weighted by Crippen LogP contribution is 2.32. The summed E-state index contributed by atoms with van der Waals surface area (Å²) in [5.41, 5.74) is 0.947. The molecule has 262 valence electrons. The Morgan fingerprint density at radius 3 is 2.29 bits per heavy atom. The van der Waals surface area contributed by atoms with Crippen LogP contribution in [-0.2, 0) is 25.5 Å². The van der Waals surface area contributed by atoms with Gasteiger partial charge in [-0.05, 0) is 75.1 Å². The zero-order valence-corrected chi connectivity index (χ0v) is 28.4. The van der Waals surface area contributed by atoms with Crippen LogP contribution in [0.5, 0.6) is 5.75 Å². The molecule has 10 nitrogen and oxygen atoms in total. The molecule has 1 aliphatic rings. The highest BCUT2D eigenvalue weighted by atomic mass is 19.1. The largest absolute Gasteiger partial charge is 0.482 e. The lowest BCUT2D eigenvalue weighted by atomic mass is 10.0. The Hall–Kier alpha value is -5.00. The van der Waals surface area contributed by atoms with Crippen molar-refractivity contribution in [3.05, 3.63) is 83.9 Å². The molecule has 0 bridgehead atoms. The van der Waals surface area contributed by atoms with E-state index in [2.05, 4.69) is 10.6 Å². The first-order valence-electron chi connectivity index (χ1n) is 16.4. The normalized spacial score (nSPS) is 13.0. The third-order valence-electron chi connectivity index (χ3n) is 8.01. The van der Waals surface area contributed by atoms with Gasteiger partial charge in [-0.25, -0.2) is 13.6 Å². The predicted molar refractivity (Wildman–Crippen MR) is 184 cm³/mol. The molecule has 0 spiro atoms. The second kappa shape index (κ2) is 16.9. The molecular formula is C37H44F2N4O6. The van der Waals surface area contributed by atoms with Crippen LogP contribution in [-0.4, -0.2) is 56.2 Å². The van der Waals surface area contributed by atoms with Crippen LogP contribution in [0.15, 0.2) is 66.7 Å². The number of likely N-dealkylation sites (N-methyl/N-ethyl adjacent to an activating group) is 1. The van der Waals surface area contributed by atoms with Crippen molar-refractivity contribution in [1.82, 2.24) is 5.32 Å². The molecule has 4 amide bonds. The topological polar surface area (TPSA) is 117 Å². The quantitative estimate of drug-likeness (QED) is 0.196. The van der Waals surface area contributed by atoms with Gasteiger partial charge in [-0.3, -0.25) is 14.4 Å². The second-order valence-electron chi connectivity index (χ2n) is 13.1. The predicted octanol–water partition coefficient (Wildman–Crippen LogP) is 6.63. The maximum atomic E-state index is 13.7. The van der Waals surface area contributed by atoms with E-state index in [-0.39, 0.29) is 36.3 Å². The summed E-state index contributed by atoms with van der Waals surface area (Å²) in [5.74, 6) is -2.23. The molecule has 0 saturated heterocycles. The van der Waals surface area contributed by atoms with E-state index in [1.54, 1.807) is 74.2 Å². The summed E-state index contributed by atoms with van der Waals surface area (Å²) in [4.78, 5) is 54.3. The maximum Gasteiger partial charge on any atom is 0.319 e. The number of hydrogen-bond acceptors (Lipinski definition) is 6. The zero-order chi connectivity index (χ0) is 35.6. The lowest BCUT2D eigenvalue weighted by Gasteiger charge is -2.27. The molecule has 0 atom stereocenters. The van der Waals surface area contributed by atoms with Gasteiger partial charge in [0.2, 0.25) is 5.91 Å². The van der Waals surface area contributed by atoms with E-state index >= 15 is 0 Å². The first-order valence-corrected chi connectivity index (χ1v) is 16.4. The lowest BCUT2D eigenvalue weighted by molar-refractivity contribution is -0.153. The highest BCUT2D eigenvalue weighted by Gasteiger charge is 2.24. The van der Waals surface area contributed by atoms with Crippen molar-refractivity contribution >= 4 is 40.9 Å². The number of nitrogens with zero attached hydrogens (tertiary/aromatic N) is 2.